The van der Waals surface area contributed by atoms with Crippen LogP contribution in [0.5, 0.6) is 0 Å². The molecule has 1 amide bonds. The van der Waals surface area contributed by atoms with E-state index < -0.39 is 0 Å². The molecule has 0 aliphatic carbocycles. The summed E-state index contributed by atoms with van der Waals surface area (Å²) in [6, 6.07) is 7.25. The van der Waals surface area contributed by atoms with Crippen molar-refractivity contribution in [3.63, 3.8) is 0 Å². The number of halogens is 1. The second-order valence-electron chi connectivity index (χ2n) is 4.73. The summed E-state index contributed by atoms with van der Waals surface area (Å²) in [5, 5.41) is 2.89. The van der Waals surface area contributed by atoms with Crippen molar-refractivity contribution in [2.24, 2.45) is 0 Å². The maximum absolute atomic E-state index is 12.1. The van der Waals surface area contributed by atoms with Crippen LogP contribution in [-0.2, 0) is 12.8 Å². The number of nitrogens with two attached hydrogens (primary N) is 1. The van der Waals surface area contributed by atoms with E-state index in [9.17, 15) is 4.79 Å². The Morgan fingerprint density at radius 1 is 1.38 bits per heavy atom. The van der Waals surface area contributed by atoms with Gasteiger partial charge in [0.2, 0.25) is 0 Å². The van der Waals surface area contributed by atoms with Gasteiger partial charge in [0, 0.05) is 22.7 Å². The Balaban J connectivity index is 1.93. The normalized spacial score (nSPS) is 10.6. The van der Waals surface area contributed by atoms with E-state index in [0.717, 1.165) is 34.2 Å². The van der Waals surface area contributed by atoms with Crippen LogP contribution in [0.2, 0.25) is 4.34 Å². The third kappa shape index (κ3) is 4.72. The van der Waals surface area contributed by atoms with Gasteiger partial charge in [-0.05, 0) is 37.1 Å². The largest absolute Gasteiger partial charge is 0.384 e. The van der Waals surface area contributed by atoms with Crippen molar-refractivity contribution in [2.75, 3.05) is 12.3 Å². The first-order valence-electron chi connectivity index (χ1n) is 6.87. The highest BCUT2D eigenvalue weighted by Gasteiger charge is 2.08. The summed E-state index contributed by atoms with van der Waals surface area (Å²) in [6.45, 7) is 2.64. The number of hydrogen-bond acceptors (Lipinski definition) is 4. The van der Waals surface area contributed by atoms with Crippen molar-refractivity contribution >= 4 is 34.7 Å². The lowest BCUT2D eigenvalue weighted by molar-refractivity contribution is 0.0954. The number of anilines is 1. The van der Waals surface area contributed by atoms with Gasteiger partial charge in [0.15, 0.2) is 0 Å². The van der Waals surface area contributed by atoms with E-state index in [0.29, 0.717) is 17.9 Å². The molecular weight excluding hydrogens is 306 g/mol. The Morgan fingerprint density at radius 3 is 2.86 bits per heavy atom. The van der Waals surface area contributed by atoms with E-state index >= 15 is 0 Å². The molecule has 6 heteroatoms. The molecule has 0 fully saturated rings. The number of thiophene rings is 1. The number of aryl methyl sites for hydroxylation is 1. The molecule has 2 heterocycles. The van der Waals surface area contributed by atoms with Crippen LogP contribution >= 0.6 is 22.9 Å². The Morgan fingerprint density at radius 2 is 2.19 bits per heavy atom. The molecule has 0 bridgehead atoms. The Labute approximate surface area is 133 Å². The first kappa shape index (κ1) is 15.8. The Kier molecular flexibility index (Phi) is 5.59. The molecule has 0 aliphatic heterocycles. The predicted molar refractivity (Wildman–Crippen MR) is 88.0 cm³/mol. The Hall–Kier alpha value is -1.59. The fraction of sp³-hybridized carbons (Fsp3) is 0.333. The summed E-state index contributed by atoms with van der Waals surface area (Å²) in [5.74, 6) is 0.264. The summed E-state index contributed by atoms with van der Waals surface area (Å²) < 4.78 is 0.766. The number of amides is 1. The fourth-order valence-corrected chi connectivity index (χ4v) is 3.10. The molecule has 2 aromatic rings. The number of hydrogen-bond donors (Lipinski definition) is 2. The number of carbonyl (C=O) groups is 1. The third-order valence-corrected chi connectivity index (χ3v) is 4.24. The van der Waals surface area contributed by atoms with E-state index in [1.807, 2.05) is 12.1 Å². The number of carbonyl (C=O) groups excluding carboxylic acids is 1. The van der Waals surface area contributed by atoms with Gasteiger partial charge < -0.3 is 11.1 Å². The number of rotatable bonds is 6. The summed E-state index contributed by atoms with van der Waals surface area (Å²) in [6.07, 6.45) is 2.56. The van der Waals surface area contributed by atoms with Crippen LogP contribution in [0.3, 0.4) is 0 Å². The smallest absolute Gasteiger partial charge is 0.251 e. The van der Waals surface area contributed by atoms with E-state index in [4.69, 9.17) is 17.3 Å². The van der Waals surface area contributed by atoms with Gasteiger partial charge in [-0.1, -0.05) is 24.9 Å². The monoisotopic (exact) mass is 323 g/mol. The highest BCUT2D eigenvalue weighted by Crippen LogP contribution is 2.21. The minimum atomic E-state index is -0.121. The highest BCUT2D eigenvalue weighted by molar-refractivity contribution is 7.16. The van der Waals surface area contributed by atoms with Crippen molar-refractivity contribution in [1.29, 1.82) is 0 Å². The van der Waals surface area contributed by atoms with Crippen LogP contribution < -0.4 is 11.1 Å². The average molecular weight is 324 g/mol. The number of pyridine rings is 1. The maximum Gasteiger partial charge on any atom is 0.251 e. The topological polar surface area (TPSA) is 68.0 Å². The number of nitrogens with one attached hydrogen (secondary N) is 1. The zero-order valence-corrected chi connectivity index (χ0v) is 13.4. The first-order chi connectivity index (χ1) is 10.1. The third-order valence-electron chi connectivity index (χ3n) is 2.95. The van der Waals surface area contributed by atoms with E-state index in [-0.39, 0.29) is 5.91 Å². The SMILES string of the molecule is CCCc1cc(C(=O)NCCc2ccc(Cl)s2)cc(N)n1. The van der Waals surface area contributed by atoms with Gasteiger partial charge in [-0.3, -0.25) is 4.79 Å². The zero-order chi connectivity index (χ0) is 15.2. The lowest BCUT2D eigenvalue weighted by Gasteiger charge is -2.07. The first-order valence-corrected chi connectivity index (χ1v) is 8.06. The van der Waals surface area contributed by atoms with Crippen molar-refractivity contribution in [2.45, 2.75) is 26.2 Å². The average Bonchev–Trinajstić information content (AvgIpc) is 2.84. The minimum absolute atomic E-state index is 0.121. The van der Waals surface area contributed by atoms with Crippen molar-refractivity contribution < 1.29 is 4.79 Å². The summed E-state index contributed by atoms with van der Waals surface area (Å²) in [7, 11) is 0. The van der Waals surface area contributed by atoms with Crippen LogP contribution in [0.25, 0.3) is 0 Å². The number of aromatic nitrogens is 1. The van der Waals surface area contributed by atoms with Gasteiger partial charge >= 0.3 is 0 Å². The van der Waals surface area contributed by atoms with Crippen molar-refractivity contribution in [3.05, 3.63) is 44.7 Å². The molecule has 0 radical (unpaired) electrons. The van der Waals surface area contributed by atoms with Crippen LogP contribution in [0.1, 0.15) is 34.3 Å². The standard InChI is InChI=1S/C15H18ClN3OS/c1-2-3-11-8-10(9-14(17)19-11)15(20)18-7-6-12-4-5-13(16)21-12/h4-5,8-9H,2-3,6-7H2,1H3,(H2,17,19)(H,18,20). The molecule has 0 unspecified atom stereocenters. The van der Waals surface area contributed by atoms with Crippen molar-refractivity contribution in [3.8, 4) is 0 Å². The quantitative estimate of drug-likeness (QED) is 0.857. The molecular formula is C15H18ClN3OS. The number of nitrogens with zero attached hydrogens (tertiary/aromatic N) is 1. The minimum Gasteiger partial charge on any atom is -0.384 e. The molecule has 0 spiro atoms. The van der Waals surface area contributed by atoms with Crippen LogP contribution in [0, 0.1) is 0 Å². The number of nitrogen functional groups attached to an aromatic ring is 1. The van der Waals surface area contributed by atoms with Gasteiger partial charge in [0.1, 0.15) is 5.82 Å². The lowest BCUT2D eigenvalue weighted by atomic mass is 10.1. The van der Waals surface area contributed by atoms with Gasteiger partial charge in [-0.2, -0.15) is 0 Å². The van der Waals surface area contributed by atoms with Crippen LogP contribution in [0.4, 0.5) is 5.82 Å². The molecule has 2 aromatic heterocycles. The molecule has 0 aromatic carbocycles. The van der Waals surface area contributed by atoms with Crippen molar-refractivity contribution in [1.82, 2.24) is 10.3 Å². The molecule has 0 aliphatic rings. The van der Waals surface area contributed by atoms with Gasteiger partial charge in [0.25, 0.3) is 5.91 Å². The molecule has 0 saturated carbocycles. The zero-order valence-electron chi connectivity index (χ0n) is 11.9. The molecule has 0 atom stereocenters. The second-order valence-corrected chi connectivity index (χ2v) is 6.53. The molecule has 2 rings (SSSR count). The van der Waals surface area contributed by atoms with E-state index in [1.54, 1.807) is 12.1 Å². The highest BCUT2D eigenvalue weighted by atomic mass is 35.5. The van der Waals surface area contributed by atoms with Gasteiger partial charge in [-0.25, -0.2) is 4.98 Å². The predicted octanol–water partition coefficient (Wildman–Crippen LogP) is 3.30. The van der Waals surface area contributed by atoms with E-state index in [2.05, 4.69) is 17.2 Å². The maximum atomic E-state index is 12.1. The molecule has 0 saturated heterocycles. The van der Waals surface area contributed by atoms with Crippen LogP contribution in [0.15, 0.2) is 24.3 Å². The molecule has 112 valence electrons. The van der Waals surface area contributed by atoms with Crippen LogP contribution in [-0.4, -0.2) is 17.4 Å². The molecule has 4 nitrogen and oxygen atoms in total. The lowest BCUT2D eigenvalue weighted by Crippen LogP contribution is -2.25. The van der Waals surface area contributed by atoms with Gasteiger partial charge in [-0.15, -0.1) is 11.3 Å². The summed E-state index contributed by atoms with van der Waals surface area (Å²) in [4.78, 5) is 17.5. The summed E-state index contributed by atoms with van der Waals surface area (Å²) >= 11 is 7.40. The Bertz CT molecular complexity index is 627. The van der Waals surface area contributed by atoms with Gasteiger partial charge in [0.05, 0.1) is 4.34 Å². The fourth-order valence-electron chi connectivity index (χ4n) is 2.01. The van der Waals surface area contributed by atoms with E-state index in [1.165, 1.54) is 11.3 Å². The summed E-state index contributed by atoms with van der Waals surface area (Å²) in [5.41, 5.74) is 7.17. The molecule has 3 N–H and O–H groups in total. The molecule has 21 heavy (non-hydrogen) atoms. The second kappa shape index (κ2) is 7.43.